The Labute approximate surface area is 312 Å². The molecule has 4 aromatic rings. The summed E-state index contributed by atoms with van der Waals surface area (Å²) in [7, 11) is 1.54. The Hall–Kier alpha value is -5.44. The van der Waals surface area contributed by atoms with Gasteiger partial charge in [-0.1, -0.05) is 97.1 Å². The van der Waals surface area contributed by atoms with Crippen molar-refractivity contribution >= 4 is 23.7 Å². The number of hydrogen-bond donors (Lipinski definition) is 2. The summed E-state index contributed by atoms with van der Waals surface area (Å²) in [5.41, 5.74) is 1.85. The van der Waals surface area contributed by atoms with Crippen LogP contribution >= 0.6 is 0 Å². The van der Waals surface area contributed by atoms with E-state index in [1.165, 1.54) is 0 Å². The molecule has 1 fully saturated rings. The number of fused-ring (bicyclic) bond motifs is 1. The maximum atomic E-state index is 14.9. The fourth-order valence-electron chi connectivity index (χ4n) is 7.74. The van der Waals surface area contributed by atoms with Gasteiger partial charge in [0.05, 0.1) is 24.0 Å². The Bertz CT molecular complexity index is 1920. The van der Waals surface area contributed by atoms with Crippen molar-refractivity contribution in [3.05, 3.63) is 137 Å². The van der Waals surface area contributed by atoms with Gasteiger partial charge in [-0.05, 0) is 80.8 Å². The van der Waals surface area contributed by atoms with Gasteiger partial charge in [-0.25, -0.2) is 4.79 Å². The van der Waals surface area contributed by atoms with Gasteiger partial charge in [0.2, 0.25) is 11.8 Å². The molecule has 1 aliphatic carbocycles. The van der Waals surface area contributed by atoms with E-state index in [1.54, 1.807) is 25.3 Å². The molecule has 0 radical (unpaired) electrons. The quantitative estimate of drug-likeness (QED) is 0.185. The second-order valence-electron chi connectivity index (χ2n) is 15.0. The Morgan fingerprint density at radius 3 is 2.11 bits per heavy atom. The number of amides is 3. The number of methoxy groups -OCH3 is 1. The van der Waals surface area contributed by atoms with Crippen LogP contribution in [0.1, 0.15) is 85.0 Å². The summed E-state index contributed by atoms with van der Waals surface area (Å²) in [6.45, 7) is 6.46. The van der Waals surface area contributed by atoms with Crippen molar-refractivity contribution in [1.82, 2.24) is 15.5 Å². The number of benzene rings is 4. The molecule has 276 valence electrons. The number of rotatable bonds is 10. The summed E-state index contributed by atoms with van der Waals surface area (Å²) in [5.74, 6) is -0.906. The second-order valence-corrected chi connectivity index (χ2v) is 15.0. The molecule has 0 saturated carbocycles. The summed E-state index contributed by atoms with van der Waals surface area (Å²) in [6.07, 6.45) is 2.34. The monoisotopic (exact) mass is 715 g/mol. The maximum Gasteiger partial charge on any atom is 0.329 e. The van der Waals surface area contributed by atoms with Crippen molar-refractivity contribution in [1.29, 1.82) is 0 Å². The number of esters is 1. The topological polar surface area (TPSA) is 114 Å². The van der Waals surface area contributed by atoms with Gasteiger partial charge in [0.25, 0.3) is 5.91 Å². The molecule has 4 aromatic carbocycles. The summed E-state index contributed by atoms with van der Waals surface area (Å²) >= 11 is 0. The van der Waals surface area contributed by atoms with Crippen LogP contribution in [0.2, 0.25) is 0 Å². The van der Waals surface area contributed by atoms with E-state index in [-0.39, 0.29) is 30.2 Å². The molecule has 9 heteroatoms. The predicted octanol–water partition coefficient (Wildman–Crippen LogP) is 6.35. The van der Waals surface area contributed by atoms with Gasteiger partial charge in [-0.3, -0.25) is 14.4 Å². The molecule has 0 unspecified atom stereocenters. The van der Waals surface area contributed by atoms with E-state index < -0.39 is 28.9 Å². The minimum atomic E-state index is -1.15. The van der Waals surface area contributed by atoms with Crippen molar-refractivity contribution in [3.8, 4) is 5.75 Å². The first-order chi connectivity index (χ1) is 25.5. The van der Waals surface area contributed by atoms with Gasteiger partial charge in [0.1, 0.15) is 17.4 Å². The van der Waals surface area contributed by atoms with E-state index in [0.717, 1.165) is 22.3 Å². The number of ether oxygens (including phenoxy) is 2. The minimum Gasteiger partial charge on any atom is -0.496 e. The minimum absolute atomic E-state index is 0.0183. The number of carbonyl (C=O) groups is 4. The van der Waals surface area contributed by atoms with Crippen LogP contribution in [0.15, 0.2) is 109 Å². The van der Waals surface area contributed by atoms with Crippen LogP contribution in [0.4, 0.5) is 0 Å². The van der Waals surface area contributed by atoms with E-state index in [9.17, 15) is 19.2 Å². The molecule has 1 saturated heterocycles. The Balaban J connectivity index is 1.24. The van der Waals surface area contributed by atoms with Crippen molar-refractivity contribution < 1.29 is 28.7 Å². The van der Waals surface area contributed by atoms with Crippen LogP contribution in [-0.2, 0) is 31.0 Å². The second kappa shape index (κ2) is 16.1. The van der Waals surface area contributed by atoms with E-state index in [4.69, 9.17) is 9.47 Å². The summed E-state index contributed by atoms with van der Waals surface area (Å²) in [6, 6.07) is 33.1. The lowest BCUT2D eigenvalue weighted by atomic mass is 9.62. The summed E-state index contributed by atoms with van der Waals surface area (Å²) in [4.78, 5) is 57.9. The van der Waals surface area contributed by atoms with Crippen molar-refractivity contribution in [2.75, 3.05) is 20.2 Å². The molecular formula is C44H49N3O6. The fraction of sp³-hybridized carbons (Fsp3) is 0.364. The molecule has 6 rings (SSSR count). The van der Waals surface area contributed by atoms with E-state index >= 15 is 0 Å². The average Bonchev–Trinajstić information content (AvgIpc) is 3.17. The Morgan fingerprint density at radius 1 is 0.811 bits per heavy atom. The molecule has 2 aliphatic rings. The highest BCUT2D eigenvalue weighted by molar-refractivity contribution is 5.98. The zero-order valence-electron chi connectivity index (χ0n) is 31.0. The van der Waals surface area contributed by atoms with Crippen molar-refractivity contribution in [3.63, 3.8) is 0 Å². The first-order valence-corrected chi connectivity index (χ1v) is 18.5. The lowest BCUT2D eigenvalue weighted by Gasteiger charge is -2.43. The van der Waals surface area contributed by atoms with Gasteiger partial charge in [0.15, 0.2) is 0 Å². The van der Waals surface area contributed by atoms with E-state index in [0.29, 0.717) is 50.1 Å². The van der Waals surface area contributed by atoms with Crippen LogP contribution < -0.4 is 15.4 Å². The lowest BCUT2D eigenvalue weighted by molar-refractivity contribution is -0.159. The third kappa shape index (κ3) is 8.30. The zero-order chi connectivity index (χ0) is 37.6. The molecular weight excluding hydrogens is 666 g/mol. The number of para-hydroxylation sites is 1. The predicted molar refractivity (Wildman–Crippen MR) is 204 cm³/mol. The number of carbonyl (C=O) groups excluding carboxylic acids is 4. The number of likely N-dealkylation sites (tertiary alicyclic amines) is 1. The maximum absolute atomic E-state index is 14.9. The largest absolute Gasteiger partial charge is 0.496 e. The first kappa shape index (κ1) is 37.3. The summed E-state index contributed by atoms with van der Waals surface area (Å²) in [5, 5.41) is 6.26. The molecule has 1 aliphatic heterocycles. The van der Waals surface area contributed by atoms with Gasteiger partial charge in [-0.2, -0.15) is 0 Å². The number of hydrogen-bond acceptors (Lipinski definition) is 6. The zero-order valence-corrected chi connectivity index (χ0v) is 31.0. The van der Waals surface area contributed by atoms with Crippen molar-refractivity contribution in [2.24, 2.45) is 0 Å². The molecule has 0 aromatic heterocycles. The number of nitrogens with one attached hydrogen (secondary N) is 2. The van der Waals surface area contributed by atoms with Crippen LogP contribution in [0.25, 0.3) is 0 Å². The third-order valence-electron chi connectivity index (χ3n) is 10.3. The lowest BCUT2D eigenvalue weighted by Crippen LogP contribution is -2.55. The molecule has 3 amide bonds. The fourth-order valence-corrected chi connectivity index (χ4v) is 7.74. The van der Waals surface area contributed by atoms with Crippen LogP contribution in [0, 0.1) is 0 Å². The SMILES string of the molecule is COc1ccccc1C(=O)NC1CCN(C(=O)[C@H]2CC[C@@](C(=O)N[C@H](Cc3ccccc3)C(=O)OC(C)(C)C)(c3ccccc3)c3ccccc32)CC1. The Morgan fingerprint density at radius 2 is 1.43 bits per heavy atom. The normalized spacial score (nSPS) is 19.3. The third-order valence-corrected chi connectivity index (χ3v) is 10.3. The molecule has 2 N–H and O–H groups in total. The highest BCUT2D eigenvalue weighted by Gasteiger charge is 2.50. The molecule has 1 heterocycles. The first-order valence-electron chi connectivity index (χ1n) is 18.5. The average molecular weight is 716 g/mol. The highest BCUT2D eigenvalue weighted by Crippen LogP contribution is 2.48. The van der Waals surface area contributed by atoms with Crippen LogP contribution in [0.3, 0.4) is 0 Å². The van der Waals surface area contributed by atoms with Crippen molar-refractivity contribution in [2.45, 2.75) is 81.9 Å². The van der Waals surface area contributed by atoms with Gasteiger partial charge in [-0.15, -0.1) is 0 Å². The Kier molecular flexibility index (Phi) is 11.3. The number of nitrogens with zero attached hydrogens (tertiary/aromatic N) is 1. The van der Waals surface area contributed by atoms with Crippen LogP contribution in [0.5, 0.6) is 5.75 Å². The molecule has 53 heavy (non-hydrogen) atoms. The molecule has 0 spiro atoms. The molecule has 9 nitrogen and oxygen atoms in total. The van der Waals surface area contributed by atoms with Gasteiger partial charge < -0.3 is 25.0 Å². The van der Waals surface area contributed by atoms with Gasteiger partial charge >= 0.3 is 5.97 Å². The smallest absolute Gasteiger partial charge is 0.329 e. The van der Waals surface area contributed by atoms with E-state index in [2.05, 4.69) is 10.6 Å². The molecule has 3 atom stereocenters. The summed E-state index contributed by atoms with van der Waals surface area (Å²) < 4.78 is 11.2. The number of piperidine rings is 1. The van der Waals surface area contributed by atoms with Crippen LogP contribution in [-0.4, -0.2) is 66.5 Å². The molecule has 0 bridgehead atoms. The standard InChI is InChI=1S/C44H49N3O6/c1-43(2,3)53-41(50)37(29-30-15-7-5-8-16-30)46-42(51)44(31-17-9-6-10-18-31)26-23-34(33-19-11-13-21-36(33)44)40(49)47-27-24-32(25-28-47)45-39(48)35-20-12-14-22-38(35)52-4/h5-22,32,34,37H,23-29H2,1-4H3,(H,45,48)(H,46,51)/t34-,37+,44+/m0/s1. The highest BCUT2D eigenvalue weighted by atomic mass is 16.6. The van der Waals surface area contributed by atoms with Gasteiger partial charge in [0, 0.05) is 25.6 Å². The van der Waals surface area contributed by atoms with E-state index in [1.807, 2.05) is 117 Å².